The zero-order chi connectivity index (χ0) is 24.8. The van der Waals surface area contributed by atoms with Gasteiger partial charge in [0.2, 0.25) is 11.8 Å². The second kappa shape index (κ2) is 8.94. The van der Waals surface area contributed by atoms with Gasteiger partial charge in [-0.3, -0.25) is 14.5 Å². The molecule has 1 aliphatic heterocycles. The molecule has 2 aliphatic carbocycles. The van der Waals surface area contributed by atoms with Gasteiger partial charge in [-0.05, 0) is 87.4 Å². The Morgan fingerprint density at radius 2 is 2.00 bits per heavy atom. The number of nitrogens with one attached hydrogen (secondary N) is 2. The molecule has 1 aromatic heterocycles. The lowest BCUT2D eigenvalue weighted by Crippen LogP contribution is -2.47. The zero-order valence-corrected chi connectivity index (χ0v) is 21.4. The van der Waals surface area contributed by atoms with Gasteiger partial charge in [-0.25, -0.2) is 14.2 Å². The highest BCUT2D eigenvalue weighted by Crippen LogP contribution is 2.59. The number of fused-ring (bicyclic) bond motifs is 1. The Balaban J connectivity index is 1.51. The lowest BCUT2D eigenvalue weighted by Gasteiger charge is -2.29. The Bertz CT molecular complexity index is 1070. The number of hydrogen-bond donors (Lipinski definition) is 2. The van der Waals surface area contributed by atoms with Crippen LogP contribution in [0.25, 0.3) is 0 Å². The van der Waals surface area contributed by atoms with E-state index in [4.69, 9.17) is 4.74 Å². The Kier molecular flexibility index (Phi) is 6.48. The maximum absolute atomic E-state index is 13.9. The fourth-order valence-electron chi connectivity index (χ4n) is 4.83. The van der Waals surface area contributed by atoms with Gasteiger partial charge in [-0.2, -0.15) is 0 Å². The Morgan fingerprint density at radius 1 is 1.26 bits per heavy atom. The van der Waals surface area contributed by atoms with Gasteiger partial charge in [0.1, 0.15) is 27.9 Å². The van der Waals surface area contributed by atoms with Crippen molar-refractivity contribution in [2.75, 3.05) is 11.9 Å². The van der Waals surface area contributed by atoms with E-state index in [0.29, 0.717) is 42.5 Å². The van der Waals surface area contributed by atoms with Crippen molar-refractivity contribution in [2.45, 2.75) is 77.5 Å². The van der Waals surface area contributed by atoms with Gasteiger partial charge in [0.25, 0.3) is 0 Å². The maximum atomic E-state index is 13.9. The third-order valence-electron chi connectivity index (χ3n) is 6.66. The van der Waals surface area contributed by atoms with E-state index in [1.165, 1.54) is 4.90 Å². The number of halogens is 2. The van der Waals surface area contributed by atoms with Crippen molar-refractivity contribution < 1.29 is 23.5 Å². The van der Waals surface area contributed by atoms with E-state index in [-0.39, 0.29) is 29.9 Å². The van der Waals surface area contributed by atoms with E-state index in [1.54, 1.807) is 26.8 Å². The molecule has 34 heavy (non-hydrogen) atoms. The Labute approximate surface area is 206 Å². The number of aromatic nitrogens is 1. The summed E-state index contributed by atoms with van der Waals surface area (Å²) in [7, 11) is 0. The molecule has 10 heteroatoms. The second-order valence-corrected chi connectivity index (χ2v) is 11.2. The third kappa shape index (κ3) is 4.96. The van der Waals surface area contributed by atoms with Gasteiger partial charge >= 0.3 is 6.09 Å². The fraction of sp³-hybridized carbons (Fsp3) is 0.583. The molecule has 3 amide bonds. The van der Waals surface area contributed by atoms with Crippen molar-refractivity contribution >= 4 is 39.7 Å². The van der Waals surface area contributed by atoms with Gasteiger partial charge in [-0.1, -0.05) is 6.07 Å². The SMILES string of the molecule is Cc1ccc(Br)nc1NC(=O)[C@@H]1C[C@@]2(CNC(=O)C3=C(F)CCC3)C[C@H]2N1C(=O)OC(C)(C)C. The Morgan fingerprint density at radius 3 is 2.65 bits per heavy atom. The minimum Gasteiger partial charge on any atom is -0.444 e. The number of nitrogens with zero attached hydrogens (tertiary/aromatic N) is 2. The van der Waals surface area contributed by atoms with Gasteiger partial charge in [0.05, 0.1) is 0 Å². The third-order valence-corrected chi connectivity index (χ3v) is 7.10. The number of aryl methyl sites for hydroxylation is 1. The number of anilines is 1. The quantitative estimate of drug-likeness (QED) is 0.543. The van der Waals surface area contributed by atoms with Crippen molar-refractivity contribution in [2.24, 2.45) is 5.41 Å². The number of likely N-dealkylation sites (tertiary alicyclic amines) is 1. The monoisotopic (exact) mass is 536 g/mol. The number of piperidine rings is 1. The molecule has 0 spiro atoms. The number of carbonyl (C=O) groups is 3. The number of rotatable bonds is 5. The standard InChI is InChI=1S/C24H30BrFN4O4/c1-13-8-9-18(25)28-19(13)29-21(32)16-10-24(12-27-20(31)14-6-5-7-15(14)26)11-17(24)30(16)22(33)34-23(2,3)4/h8-9,16-17H,5-7,10-12H2,1-4H3,(H,27,31)(H,28,29,32)/t16-,17+,24-/m0/s1. The Hall–Kier alpha value is -2.49. The molecule has 0 unspecified atom stereocenters. The van der Waals surface area contributed by atoms with Crippen LogP contribution in [0.2, 0.25) is 0 Å². The average Bonchev–Trinajstić information content (AvgIpc) is 3.09. The number of hydrogen-bond acceptors (Lipinski definition) is 5. The molecule has 184 valence electrons. The van der Waals surface area contributed by atoms with E-state index in [9.17, 15) is 18.8 Å². The van der Waals surface area contributed by atoms with Crippen LogP contribution < -0.4 is 10.6 Å². The van der Waals surface area contributed by atoms with E-state index >= 15 is 0 Å². The summed E-state index contributed by atoms with van der Waals surface area (Å²) in [4.78, 5) is 44.7. The van der Waals surface area contributed by atoms with Crippen molar-refractivity contribution in [3.05, 3.63) is 33.7 Å². The molecule has 1 saturated heterocycles. The van der Waals surface area contributed by atoms with Crippen LogP contribution in [0.15, 0.2) is 28.1 Å². The lowest BCUT2D eigenvalue weighted by atomic mass is 9.98. The highest BCUT2D eigenvalue weighted by atomic mass is 79.9. The van der Waals surface area contributed by atoms with Crippen LogP contribution in [0.1, 0.15) is 58.4 Å². The molecular weight excluding hydrogens is 507 g/mol. The number of amides is 3. The van der Waals surface area contributed by atoms with Crippen molar-refractivity contribution in [1.29, 1.82) is 0 Å². The summed E-state index contributed by atoms with van der Waals surface area (Å²) in [5.41, 5.74) is -0.163. The summed E-state index contributed by atoms with van der Waals surface area (Å²) in [6.07, 6.45) is 1.83. The highest BCUT2D eigenvalue weighted by molar-refractivity contribution is 9.10. The van der Waals surface area contributed by atoms with Crippen LogP contribution in [-0.2, 0) is 14.3 Å². The summed E-state index contributed by atoms with van der Waals surface area (Å²) in [5.74, 6) is -0.698. The van der Waals surface area contributed by atoms with Crippen molar-refractivity contribution in [3.8, 4) is 0 Å². The molecule has 4 rings (SSSR count). The van der Waals surface area contributed by atoms with E-state index in [2.05, 4.69) is 31.5 Å². The minimum atomic E-state index is -0.770. The molecule has 1 aromatic rings. The van der Waals surface area contributed by atoms with Gasteiger partial charge in [0.15, 0.2) is 0 Å². The summed E-state index contributed by atoms with van der Waals surface area (Å²) in [6, 6.07) is 2.60. The van der Waals surface area contributed by atoms with Crippen LogP contribution in [0.5, 0.6) is 0 Å². The van der Waals surface area contributed by atoms with Gasteiger partial charge in [0, 0.05) is 23.6 Å². The lowest BCUT2D eigenvalue weighted by molar-refractivity contribution is -0.121. The molecule has 8 nitrogen and oxygen atoms in total. The normalized spacial score (nSPS) is 25.8. The molecule has 0 aromatic carbocycles. The first kappa shape index (κ1) is 24.6. The second-order valence-electron chi connectivity index (χ2n) is 10.4. The molecule has 3 aliphatic rings. The molecular formula is C24H30BrFN4O4. The van der Waals surface area contributed by atoms with Crippen LogP contribution in [0.3, 0.4) is 0 Å². The van der Waals surface area contributed by atoms with Gasteiger partial charge in [-0.15, -0.1) is 0 Å². The van der Waals surface area contributed by atoms with E-state index in [0.717, 1.165) is 5.56 Å². The topological polar surface area (TPSA) is 101 Å². The first-order valence-electron chi connectivity index (χ1n) is 11.5. The summed E-state index contributed by atoms with van der Waals surface area (Å²) >= 11 is 3.31. The molecule has 1 saturated carbocycles. The molecule has 2 N–H and O–H groups in total. The molecule has 2 heterocycles. The summed E-state index contributed by atoms with van der Waals surface area (Å²) < 4.78 is 20.1. The largest absolute Gasteiger partial charge is 0.444 e. The maximum Gasteiger partial charge on any atom is 0.411 e. The van der Waals surface area contributed by atoms with E-state index < -0.39 is 29.1 Å². The molecule has 0 bridgehead atoms. The first-order valence-corrected chi connectivity index (χ1v) is 12.3. The average molecular weight is 537 g/mol. The van der Waals surface area contributed by atoms with Crippen LogP contribution in [-0.4, -0.2) is 52.0 Å². The first-order chi connectivity index (χ1) is 15.9. The predicted octanol–water partition coefficient (Wildman–Crippen LogP) is 4.38. The number of pyridine rings is 1. The molecule has 3 atom stereocenters. The summed E-state index contributed by atoms with van der Waals surface area (Å²) in [6.45, 7) is 7.42. The van der Waals surface area contributed by atoms with Gasteiger partial charge < -0.3 is 15.4 Å². The smallest absolute Gasteiger partial charge is 0.411 e. The van der Waals surface area contributed by atoms with Crippen LogP contribution in [0.4, 0.5) is 15.0 Å². The van der Waals surface area contributed by atoms with Crippen molar-refractivity contribution in [3.63, 3.8) is 0 Å². The number of carbonyl (C=O) groups excluding carboxylic acids is 3. The van der Waals surface area contributed by atoms with Crippen LogP contribution in [0, 0.1) is 12.3 Å². The van der Waals surface area contributed by atoms with Crippen molar-refractivity contribution in [1.82, 2.24) is 15.2 Å². The van der Waals surface area contributed by atoms with E-state index in [1.807, 2.05) is 13.0 Å². The number of allylic oxidation sites excluding steroid dienone is 1. The fourth-order valence-corrected chi connectivity index (χ4v) is 5.14. The molecule has 2 fully saturated rings. The molecule has 0 radical (unpaired) electrons. The number of ether oxygens (including phenoxy) is 1. The minimum absolute atomic E-state index is 0.209. The zero-order valence-electron chi connectivity index (χ0n) is 19.8. The van der Waals surface area contributed by atoms with Crippen LogP contribution >= 0.6 is 15.9 Å². The summed E-state index contributed by atoms with van der Waals surface area (Å²) in [5, 5.41) is 5.69. The highest BCUT2D eigenvalue weighted by Gasteiger charge is 2.68. The predicted molar refractivity (Wildman–Crippen MR) is 128 cm³/mol.